The summed E-state index contributed by atoms with van der Waals surface area (Å²) in [5.74, 6) is -0.134. The Hall–Kier alpha value is -1.64. The molecule has 1 atom stereocenters. The van der Waals surface area contributed by atoms with E-state index in [-0.39, 0.29) is 17.7 Å². The van der Waals surface area contributed by atoms with Crippen LogP contribution in [0.15, 0.2) is 24.3 Å². The number of hydrogen-bond acceptors (Lipinski definition) is 2. The van der Waals surface area contributed by atoms with Gasteiger partial charge in [0.1, 0.15) is 0 Å². The first kappa shape index (κ1) is 12.4. The van der Waals surface area contributed by atoms with Crippen LogP contribution in [-0.2, 0) is 4.79 Å². The molecule has 3 heteroatoms. The SMILES string of the molecule is CC(=O)C(C)N(C)C(=O)c1ccc(C)cc1. The molecule has 0 fully saturated rings. The number of carbonyl (C=O) groups excluding carboxylic acids is 2. The summed E-state index contributed by atoms with van der Waals surface area (Å²) >= 11 is 0. The first-order valence-electron chi connectivity index (χ1n) is 5.27. The van der Waals surface area contributed by atoms with E-state index in [2.05, 4.69) is 0 Å². The van der Waals surface area contributed by atoms with Crippen molar-refractivity contribution in [2.45, 2.75) is 26.8 Å². The lowest BCUT2D eigenvalue weighted by Gasteiger charge is -2.22. The molecule has 16 heavy (non-hydrogen) atoms. The zero-order chi connectivity index (χ0) is 12.3. The second-order valence-electron chi connectivity index (χ2n) is 4.07. The van der Waals surface area contributed by atoms with Crippen molar-refractivity contribution >= 4 is 11.7 Å². The van der Waals surface area contributed by atoms with E-state index in [1.807, 2.05) is 19.1 Å². The van der Waals surface area contributed by atoms with Crippen molar-refractivity contribution in [3.05, 3.63) is 35.4 Å². The van der Waals surface area contributed by atoms with E-state index in [4.69, 9.17) is 0 Å². The van der Waals surface area contributed by atoms with Crippen molar-refractivity contribution in [2.24, 2.45) is 0 Å². The predicted molar refractivity (Wildman–Crippen MR) is 63.4 cm³/mol. The Morgan fingerprint density at radius 3 is 2.12 bits per heavy atom. The molecule has 3 nitrogen and oxygen atoms in total. The van der Waals surface area contributed by atoms with Gasteiger partial charge in [0.15, 0.2) is 5.78 Å². The molecule has 1 aromatic rings. The van der Waals surface area contributed by atoms with Crippen LogP contribution in [0.4, 0.5) is 0 Å². The highest BCUT2D eigenvalue weighted by Gasteiger charge is 2.20. The molecule has 86 valence electrons. The second-order valence-corrected chi connectivity index (χ2v) is 4.07. The Bertz CT molecular complexity index is 395. The third kappa shape index (κ3) is 2.69. The lowest BCUT2D eigenvalue weighted by molar-refractivity contribution is -0.120. The van der Waals surface area contributed by atoms with Gasteiger partial charge in [-0.05, 0) is 32.9 Å². The number of benzene rings is 1. The molecule has 0 aromatic heterocycles. The molecule has 0 radical (unpaired) electrons. The van der Waals surface area contributed by atoms with Crippen LogP contribution in [-0.4, -0.2) is 29.7 Å². The van der Waals surface area contributed by atoms with E-state index in [9.17, 15) is 9.59 Å². The summed E-state index contributed by atoms with van der Waals surface area (Å²) < 4.78 is 0. The number of amides is 1. The summed E-state index contributed by atoms with van der Waals surface area (Å²) in [4.78, 5) is 24.6. The fourth-order valence-corrected chi connectivity index (χ4v) is 1.35. The highest BCUT2D eigenvalue weighted by molar-refractivity contribution is 5.97. The van der Waals surface area contributed by atoms with Crippen LogP contribution >= 0.6 is 0 Å². The number of carbonyl (C=O) groups is 2. The smallest absolute Gasteiger partial charge is 0.254 e. The van der Waals surface area contributed by atoms with E-state index in [1.54, 1.807) is 26.1 Å². The summed E-state index contributed by atoms with van der Waals surface area (Å²) in [6, 6.07) is 6.95. The fourth-order valence-electron chi connectivity index (χ4n) is 1.35. The minimum absolute atomic E-state index is 0.0111. The van der Waals surface area contributed by atoms with Gasteiger partial charge in [-0.2, -0.15) is 0 Å². The normalized spacial score (nSPS) is 12.0. The van der Waals surface area contributed by atoms with Crippen LogP contribution in [0.2, 0.25) is 0 Å². The van der Waals surface area contributed by atoms with Crippen molar-refractivity contribution in [1.29, 1.82) is 0 Å². The predicted octanol–water partition coefficient (Wildman–Crippen LogP) is 2.04. The van der Waals surface area contributed by atoms with Crippen LogP contribution in [0.25, 0.3) is 0 Å². The molecule has 0 saturated carbocycles. The Kier molecular flexibility index (Phi) is 3.82. The average molecular weight is 219 g/mol. The molecule has 1 amide bonds. The number of likely N-dealkylation sites (N-methyl/N-ethyl adjacent to an activating group) is 1. The van der Waals surface area contributed by atoms with Gasteiger partial charge in [0, 0.05) is 12.6 Å². The van der Waals surface area contributed by atoms with Gasteiger partial charge in [-0.3, -0.25) is 9.59 Å². The summed E-state index contributed by atoms with van der Waals surface area (Å²) in [5, 5.41) is 0. The highest BCUT2D eigenvalue weighted by atomic mass is 16.2. The molecule has 1 unspecified atom stereocenters. The minimum Gasteiger partial charge on any atom is -0.332 e. The van der Waals surface area contributed by atoms with Crippen LogP contribution in [0.1, 0.15) is 29.8 Å². The molecule has 0 heterocycles. The van der Waals surface area contributed by atoms with Gasteiger partial charge in [0.2, 0.25) is 0 Å². The average Bonchev–Trinajstić information content (AvgIpc) is 2.27. The zero-order valence-corrected chi connectivity index (χ0v) is 10.2. The summed E-state index contributed by atoms with van der Waals surface area (Å²) in [6.45, 7) is 5.19. The van der Waals surface area contributed by atoms with E-state index >= 15 is 0 Å². The third-order valence-corrected chi connectivity index (χ3v) is 2.79. The van der Waals surface area contributed by atoms with Crippen LogP contribution in [0, 0.1) is 6.92 Å². The minimum atomic E-state index is -0.381. The van der Waals surface area contributed by atoms with Crippen LogP contribution in [0.5, 0.6) is 0 Å². The third-order valence-electron chi connectivity index (χ3n) is 2.79. The summed E-state index contributed by atoms with van der Waals surface area (Å²) in [7, 11) is 1.65. The number of ketones is 1. The fraction of sp³-hybridized carbons (Fsp3) is 0.385. The Morgan fingerprint density at radius 2 is 1.69 bits per heavy atom. The summed E-state index contributed by atoms with van der Waals surface area (Å²) in [6.07, 6.45) is 0. The molecule has 0 spiro atoms. The maximum absolute atomic E-state index is 12.0. The van der Waals surface area contributed by atoms with Gasteiger partial charge in [0.05, 0.1) is 6.04 Å². The van der Waals surface area contributed by atoms with E-state index in [0.29, 0.717) is 5.56 Å². The quantitative estimate of drug-likeness (QED) is 0.780. The molecule has 0 aliphatic carbocycles. The van der Waals surface area contributed by atoms with Gasteiger partial charge in [-0.25, -0.2) is 0 Å². The maximum Gasteiger partial charge on any atom is 0.254 e. The number of rotatable bonds is 3. The highest BCUT2D eigenvalue weighted by Crippen LogP contribution is 2.08. The van der Waals surface area contributed by atoms with E-state index in [1.165, 1.54) is 11.8 Å². The van der Waals surface area contributed by atoms with Crippen molar-refractivity contribution in [3.63, 3.8) is 0 Å². The van der Waals surface area contributed by atoms with Crippen LogP contribution < -0.4 is 0 Å². The molecule has 0 aliphatic rings. The first-order chi connectivity index (χ1) is 7.43. The number of Topliss-reactive ketones (excluding diaryl/α,β-unsaturated/α-hetero) is 1. The standard InChI is InChI=1S/C13H17NO2/c1-9-5-7-12(8-6-9)13(16)14(4)10(2)11(3)15/h5-8,10H,1-4H3. The zero-order valence-electron chi connectivity index (χ0n) is 10.2. The largest absolute Gasteiger partial charge is 0.332 e. The van der Waals surface area contributed by atoms with Gasteiger partial charge < -0.3 is 4.90 Å². The number of hydrogen-bond donors (Lipinski definition) is 0. The Balaban J connectivity index is 2.86. The Labute approximate surface area is 96.1 Å². The lowest BCUT2D eigenvalue weighted by Crippen LogP contribution is -2.39. The Morgan fingerprint density at radius 1 is 1.19 bits per heavy atom. The number of nitrogens with zero attached hydrogens (tertiary/aromatic N) is 1. The maximum atomic E-state index is 12.0. The summed E-state index contributed by atoms with van der Waals surface area (Å²) in [5.41, 5.74) is 1.72. The van der Waals surface area contributed by atoms with Gasteiger partial charge in [-0.1, -0.05) is 17.7 Å². The lowest BCUT2D eigenvalue weighted by atomic mass is 10.1. The molecule has 0 saturated heterocycles. The number of aryl methyl sites for hydroxylation is 1. The molecule has 1 rings (SSSR count). The monoisotopic (exact) mass is 219 g/mol. The molecule has 0 N–H and O–H groups in total. The molecule has 0 bridgehead atoms. The molecular weight excluding hydrogens is 202 g/mol. The first-order valence-corrected chi connectivity index (χ1v) is 5.27. The van der Waals surface area contributed by atoms with E-state index in [0.717, 1.165) is 5.56 Å². The molecular formula is C13H17NO2. The van der Waals surface area contributed by atoms with Gasteiger partial charge in [-0.15, -0.1) is 0 Å². The molecule has 1 aromatic carbocycles. The van der Waals surface area contributed by atoms with Crippen molar-refractivity contribution < 1.29 is 9.59 Å². The topological polar surface area (TPSA) is 37.4 Å². The second kappa shape index (κ2) is 4.92. The van der Waals surface area contributed by atoms with E-state index < -0.39 is 0 Å². The van der Waals surface area contributed by atoms with Crippen molar-refractivity contribution in [3.8, 4) is 0 Å². The molecule has 0 aliphatic heterocycles. The van der Waals surface area contributed by atoms with Crippen LogP contribution in [0.3, 0.4) is 0 Å². The van der Waals surface area contributed by atoms with Gasteiger partial charge in [0.25, 0.3) is 5.91 Å². The van der Waals surface area contributed by atoms with Gasteiger partial charge >= 0.3 is 0 Å². The van der Waals surface area contributed by atoms with Crippen molar-refractivity contribution in [2.75, 3.05) is 7.05 Å². The van der Waals surface area contributed by atoms with Crippen molar-refractivity contribution in [1.82, 2.24) is 4.90 Å².